The minimum absolute atomic E-state index is 0.133. The van der Waals surface area contributed by atoms with Gasteiger partial charge in [0.2, 0.25) is 5.69 Å². The van der Waals surface area contributed by atoms with Crippen molar-refractivity contribution in [3.63, 3.8) is 0 Å². The van der Waals surface area contributed by atoms with Gasteiger partial charge in [-0.15, -0.1) is 4.58 Å². The maximum Gasteiger partial charge on any atom is 0.430 e. The second-order valence-corrected chi connectivity index (χ2v) is 8.00. The topological polar surface area (TPSA) is 104 Å². The fourth-order valence-corrected chi connectivity index (χ4v) is 4.52. The zero-order valence-electron chi connectivity index (χ0n) is 18.1. The molecule has 0 fully saturated rings. The number of hydrogen-bond donors (Lipinski definition) is 2. The average Bonchev–Trinajstić information content (AvgIpc) is 2.89. The molecule has 31 heavy (non-hydrogen) atoms. The first kappa shape index (κ1) is 22.4. The highest BCUT2D eigenvalue weighted by molar-refractivity contribution is 5.95. The van der Waals surface area contributed by atoms with Gasteiger partial charge in [0.15, 0.2) is 6.54 Å². The Morgan fingerprint density at radius 1 is 1.13 bits per heavy atom. The molecule has 1 aliphatic carbocycles. The first-order valence-corrected chi connectivity index (χ1v) is 10.4. The maximum atomic E-state index is 12.8. The Hall–Kier alpha value is -3.28. The highest BCUT2D eigenvalue weighted by atomic mass is 16.4. The molecule has 1 aliphatic rings. The van der Waals surface area contributed by atoms with Gasteiger partial charge in [0, 0.05) is 31.8 Å². The number of nitrogens with two attached hydrogens (primary N) is 1. The van der Waals surface area contributed by atoms with Gasteiger partial charge < -0.3 is 15.7 Å². The van der Waals surface area contributed by atoms with Crippen LogP contribution < -0.4 is 5.73 Å². The van der Waals surface area contributed by atoms with E-state index < -0.39 is 11.4 Å². The number of carboxylic acid groups (broad SMARTS) is 1. The average molecular weight is 423 g/mol. The van der Waals surface area contributed by atoms with Crippen LogP contribution in [-0.4, -0.2) is 59.7 Å². The lowest BCUT2D eigenvalue weighted by Gasteiger charge is -2.32. The van der Waals surface area contributed by atoms with Crippen molar-refractivity contribution in [1.29, 1.82) is 0 Å². The molecule has 2 aromatic rings. The van der Waals surface area contributed by atoms with Gasteiger partial charge in [-0.05, 0) is 67.1 Å². The van der Waals surface area contributed by atoms with E-state index in [1.54, 1.807) is 44.4 Å². The summed E-state index contributed by atoms with van der Waals surface area (Å²) in [5.74, 6) is -1.11. The number of carboxylic acids is 1. The lowest BCUT2D eigenvalue weighted by molar-refractivity contribution is -0.433. The number of isocyanates is 1. The first-order valence-electron chi connectivity index (χ1n) is 10.4. The van der Waals surface area contributed by atoms with Gasteiger partial charge in [-0.1, -0.05) is 12.1 Å². The first-order chi connectivity index (χ1) is 14.8. The molecule has 0 radical (unpaired) electrons. The minimum atomic E-state index is -1.32. The Bertz CT molecular complexity index is 1090. The van der Waals surface area contributed by atoms with Gasteiger partial charge >= 0.3 is 12.0 Å². The predicted octanol–water partition coefficient (Wildman–Crippen LogP) is 2.21. The van der Waals surface area contributed by atoms with E-state index in [1.165, 1.54) is 9.48 Å². The third-order valence-corrected chi connectivity index (χ3v) is 6.05. The van der Waals surface area contributed by atoms with Crippen LogP contribution in [-0.2, 0) is 27.8 Å². The number of carbonyl (C=O) groups is 2. The Balaban J connectivity index is 2.28. The summed E-state index contributed by atoms with van der Waals surface area (Å²) in [5, 5.41) is 10.5. The van der Waals surface area contributed by atoms with Crippen molar-refractivity contribution in [2.45, 2.75) is 31.6 Å². The van der Waals surface area contributed by atoms with Crippen molar-refractivity contribution in [2.75, 3.05) is 27.2 Å². The van der Waals surface area contributed by atoms with Crippen LogP contribution in [0, 0.1) is 0 Å². The SMILES string of the molecule is CC[N+](=C=O)c1ccc2c(c1)CCc1cc(C(=O)N(C)C)ccc1C2(CCN)C(=O)O. The second kappa shape index (κ2) is 8.84. The molecule has 1 atom stereocenters. The standard InChI is InChI=1S/C24H27N3O4/c1-4-27(15-28)19-8-10-21-17(14-19)6-5-16-13-18(22(29)26(2)3)7-9-20(16)24(21,11-12-25)23(30)31/h7-10,13-14H,4-6,11-12,25H2,1-3H3/p+1. The summed E-state index contributed by atoms with van der Waals surface area (Å²) in [4.78, 5) is 38.1. The van der Waals surface area contributed by atoms with E-state index in [1.807, 2.05) is 19.1 Å². The maximum absolute atomic E-state index is 12.8. The second-order valence-electron chi connectivity index (χ2n) is 8.00. The quantitative estimate of drug-likeness (QED) is 0.422. The Labute approximate surface area is 181 Å². The van der Waals surface area contributed by atoms with Gasteiger partial charge in [0.25, 0.3) is 5.91 Å². The van der Waals surface area contributed by atoms with Gasteiger partial charge in [-0.2, -0.15) is 4.79 Å². The lowest BCUT2D eigenvalue weighted by atomic mass is 9.70. The molecule has 1 unspecified atom stereocenters. The van der Waals surface area contributed by atoms with Crippen LogP contribution in [0.25, 0.3) is 0 Å². The van der Waals surface area contributed by atoms with Crippen LogP contribution in [0.15, 0.2) is 36.4 Å². The van der Waals surface area contributed by atoms with Crippen molar-refractivity contribution in [3.05, 3.63) is 64.2 Å². The minimum Gasteiger partial charge on any atom is -0.480 e. The number of aryl methyl sites for hydroxylation is 2. The number of aliphatic carboxylic acids is 1. The molecule has 2 aromatic carbocycles. The smallest absolute Gasteiger partial charge is 0.430 e. The Morgan fingerprint density at radius 3 is 2.26 bits per heavy atom. The Kier molecular flexibility index (Phi) is 6.39. The molecular weight excluding hydrogens is 394 g/mol. The molecule has 0 saturated heterocycles. The van der Waals surface area contributed by atoms with Crippen molar-refractivity contribution in [1.82, 2.24) is 4.90 Å². The number of carbonyl (C=O) groups excluding carboxylic acids is 2. The van der Waals surface area contributed by atoms with Crippen molar-refractivity contribution < 1.29 is 24.1 Å². The highest BCUT2D eigenvalue weighted by Gasteiger charge is 2.46. The molecule has 0 heterocycles. The van der Waals surface area contributed by atoms with Crippen LogP contribution >= 0.6 is 0 Å². The van der Waals surface area contributed by atoms with Gasteiger partial charge in [0.05, 0.1) is 0 Å². The van der Waals surface area contributed by atoms with Gasteiger partial charge in [-0.25, -0.2) is 0 Å². The predicted molar refractivity (Wildman–Crippen MR) is 117 cm³/mol. The van der Waals surface area contributed by atoms with Crippen LogP contribution in [0.1, 0.15) is 46.0 Å². The molecule has 0 spiro atoms. The van der Waals surface area contributed by atoms with Crippen molar-refractivity contribution in [2.24, 2.45) is 5.73 Å². The zero-order valence-corrected chi connectivity index (χ0v) is 18.1. The molecule has 1 amide bonds. The molecule has 3 N–H and O–H groups in total. The fraction of sp³-hybridized carbons (Fsp3) is 0.375. The number of fused-ring (bicyclic) bond motifs is 2. The summed E-state index contributed by atoms with van der Waals surface area (Å²) in [6.45, 7) is 2.51. The van der Waals surface area contributed by atoms with Crippen LogP contribution in [0.4, 0.5) is 5.69 Å². The summed E-state index contributed by atoms with van der Waals surface area (Å²) < 4.78 is 1.46. The molecular formula is C24H28N3O4+. The largest absolute Gasteiger partial charge is 0.480 e. The third kappa shape index (κ3) is 3.78. The zero-order chi connectivity index (χ0) is 22.8. The molecule has 0 aromatic heterocycles. The molecule has 0 bridgehead atoms. The number of rotatable bonds is 6. The summed E-state index contributed by atoms with van der Waals surface area (Å²) in [6.07, 6.45) is 3.30. The molecule has 162 valence electrons. The van der Waals surface area contributed by atoms with Crippen molar-refractivity contribution >= 4 is 23.6 Å². The van der Waals surface area contributed by atoms with Crippen molar-refractivity contribution in [3.8, 4) is 0 Å². The van der Waals surface area contributed by atoms with E-state index in [0.717, 1.165) is 11.1 Å². The number of benzene rings is 2. The summed E-state index contributed by atoms with van der Waals surface area (Å²) >= 11 is 0. The lowest BCUT2D eigenvalue weighted by Crippen LogP contribution is -2.40. The van der Waals surface area contributed by atoms with Crippen LogP contribution in [0.3, 0.4) is 0 Å². The monoisotopic (exact) mass is 422 g/mol. The van der Waals surface area contributed by atoms with E-state index >= 15 is 0 Å². The van der Waals surface area contributed by atoms with Crippen LogP contribution in [0.2, 0.25) is 0 Å². The highest BCUT2D eigenvalue weighted by Crippen LogP contribution is 2.43. The fourth-order valence-electron chi connectivity index (χ4n) is 4.52. The van der Waals surface area contributed by atoms with Gasteiger partial charge in [0.1, 0.15) is 5.41 Å². The number of hydrogen-bond acceptors (Lipinski definition) is 4. The third-order valence-electron chi connectivity index (χ3n) is 6.05. The molecule has 3 rings (SSSR count). The number of amides is 1. The normalized spacial score (nSPS) is 17.0. The molecule has 7 heteroatoms. The van der Waals surface area contributed by atoms with Crippen LogP contribution in [0.5, 0.6) is 0 Å². The molecule has 0 aliphatic heterocycles. The molecule has 7 nitrogen and oxygen atoms in total. The van der Waals surface area contributed by atoms with E-state index in [-0.39, 0.29) is 18.9 Å². The number of nitrogens with zero attached hydrogens (tertiary/aromatic N) is 2. The molecule has 0 saturated carbocycles. The summed E-state index contributed by atoms with van der Waals surface area (Å²) in [7, 11) is 3.37. The van der Waals surface area contributed by atoms with E-state index in [9.17, 15) is 19.5 Å². The van der Waals surface area contributed by atoms with E-state index in [0.29, 0.717) is 41.8 Å². The summed E-state index contributed by atoms with van der Waals surface area (Å²) in [6, 6.07) is 10.7. The van der Waals surface area contributed by atoms with E-state index in [2.05, 4.69) is 0 Å². The van der Waals surface area contributed by atoms with Gasteiger partial charge in [-0.3, -0.25) is 9.59 Å². The Morgan fingerprint density at radius 2 is 1.74 bits per heavy atom. The summed E-state index contributed by atoms with van der Waals surface area (Å²) in [5.41, 5.74) is 8.82. The van der Waals surface area contributed by atoms with E-state index in [4.69, 9.17) is 5.73 Å².